The standard InChI is InChI=1S/C14H9N3O2S2/c18-21(19)12-9-11(10-5-2-1-3-6-10)20-13(12)14(16-21)17-8-4-7-15-17/h1-9H. The molecule has 7 heteroatoms. The predicted molar refractivity (Wildman–Crippen MR) is 81.1 cm³/mol. The van der Waals surface area contributed by atoms with Crippen molar-refractivity contribution in [2.75, 3.05) is 0 Å². The van der Waals surface area contributed by atoms with Crippen LogP contribution in [0.2, 0.25) is 0 Å². The second kappa shape index (κ2) is 4.37. The average molecular weight is 315 g/mol. The van der Waals surface area contributed by atoms with Crippen molar-refractivity contribution in [1.29, 1.82) is 0 Å². The van der Waals surface area contributed by atoms with Gasteiger partial charge in [-0.05, 0) is 17.7 Å². The number of sulfonamides is 1. The third-order valence-electron chi connectivity index (χ3n) is 3.17. The molecule has 5 nitrogen and oxygen atoms in total. The van der Waals surface area contributed by atoms with Gasteiger partial charge in [0.15, 0.2) is 5.84 Å². The molecule has 3 heterocycles. The first kappa shape index (κ1) is 12.5. The van der Waals surface area contributed by atoms with E-state index in [1.165, 1.54) is 16.0 Å². The summed E-state index contributed by atoms with van der Waals surface area (Å²) in [6.07, 6.45) is 3.28. The second-order valence-corrected chi connectivity index (χ2v) is 7.14. The van der Waals surface area contributed by atoms with Gasteiger partial charge in [0.1, 0.15) is 4.90 Å². The number of fused-ring (bicyclic) bond motifs is 1. The summed E-state index contributed by atoms with van der Waals surface area (Å²) in [6.45, 7) is 0. The summed E-state index contributed by atoms with van der Waals surface area (Å²) in [5.74, 6) is 0.363. The van der Waals surface area contributed by atoms with Crippen molar-refractivity contribution in [2.45, 2.75) is 4.90 Å². The molecule has 0 fully saturated rings. The van der Waals surface area contributed by atoms with Crippen molar-refractivity contribution in [1.82, 2.24) is 9.78 Å². The maximum atomic E-state index is 12.2. The molecule has 0 aliphatic carbocycles. The van der Waals surface area contributed by atoms with Gasteiger partial charge in [-0.15, -0.1) is 15.7 Å². The van der Waals surface area contributed by atoms with E-state index in [4.69, 9.17) is 0 Å². The lowest BCUT2D eigenvalue weighted by Crippen LogP contribution is -2.10. The van der Waals surface area contributed by atoms with Gasteiger partial charge in [0.25, 0.3) is 10.0 Å². The highest BCUT2D eigenvalue weighted by Crippen LogP contribution is 2.38. The molecule has 0 saturated heterocycles. The fraction of sp³-hybridized carbons (Fsp3) is 0. The van der Waals surface area contributed by atoms with Gasteiger partial charge in [0.05, 0.1) is 4.88 Å². The molecule has 0 unspecified atom stereocenters. The fourth-order valence-corrected chi connectivity index (χ4v) is 4.92. The van der Waals surface area contributed by atoms with Crippen molar-refractivity contribution in [2.24, 2.45) is 4.40 Å². The number of aromatic nitrogens is 2. The molecule has 3 aromatic rings. The average Bonchev–Trinajstić information content (AvgIpc) is 3.18. The first-order valence-corrected chi connectivity index (χ1v) is 8.45. The van der Waals surface area contributed by atoms with Crippen molar-refractivity contribution in [3.8, 4) is 10.4 Å². The molecule has 0 amide bonds. The molecular weight excluding hydrogens is 306 g/mol. The largest absolute Gasteiger partial charge is 0.285 e. The van der Waals surface area contributed by atoms with Crippen LogP contribution in [0.1, 0.15) is 4.88 Å². The zero-order valence-corrected chi connectivity index (χ0v) is 12.3. The fourth-order valence-electron chi connectivity index (χ4n) is 2.21. The Morgan fingerprint density at radius 3 is 2.62 bits per heavy atom. The topological polar surface area (TPSA) is 64.3 Å². The van der Waals surface area contributed by atoms with E-state index in [-0.39, 0.29) is 4.90 Å². The Bertz CT molecular complexity index is 940. The molecule has 104 valence electrons. The molecule has 1 aromatic carbocycles. The van der Waals surface area contributed by atoms with Crippen molar-refractivity contribution in [3.63, 3.8) is 0 Å². The maximum absolute atomic E-state index is 12.2. The summed E-state index contributed by atoms with van der Waals surface area (Å²) in [7, 11) is -3.63. The third-order valence-corrected chi connectivity index (χ3v) is 5.77. The van der Waals surface area contributed by atoms with Crippen LogP contribution in [0.15, 0.2) is 64.2 Å². The second-order valence-electron chi connectivity index (χ2n) is 4.51. The van der Waals surface area contributed by atoms with E-state index in [0.29, 0.717) is 10.7 Å². The van der Waals surface area contributed by atoms with Gasteiger partial charge < -0.3 is 0 Å². The molecule has 1 aliphatic rings. The summed E-state index contributed by atoms with van der Waals surface area (Å²) in [5, 5.41) is 4.07. The van der Waals surface area contributed by atoms with Crippen LogP contribution < -0.4 is 0 Å². The van der Waals surface area contributed by atoms with Crippen LogP contribution in [-0.2, 0) is 10.0 Å². The van der Waals surface area contributed by atoms with Crippen molar-refractivity contribution >= 4 is 27.2 Å². The Hall–Kier alpha value is -2.25. The highest BCUT2D eigenvalue weighted by molar-refractivity contribution is 7.91. The summed E-state index contributed by atoms with van der Waals surface area (Å²) >= 11 is 1.41. The highest BCUT2D eigenvalue weighted by atomic mass is 32.2. The quantitative estimate of drug-likeness (QED) is 0.693. The number of benzene rings is 1. The molecule has 1 aliphatic heterocycles. The molecule has 0 bridgehead atoms. The van der Waals surface area contributed by atoms with Gasteiger partial charge in [-0.2, -0.15) is 13.5 Å². The Balaban J connectivity index is 1.92. The monoisotopic (exact) mass is 315 g/mol. The lowest BCUT2D eigenvalue weighted by molar-refractivity contribution is 0.599. The Kier molecular flexibility index (Phi) is 2.60. The maximum Gasteiger partial charge on any atom is 0.285 e. The molecule has 0 N–H and O–H groups in total. The molecular formula is C14H9N3O2S2. The van der Waals surface area contributed by atoms with Gasteiger partial charge in [-0.25, -0.2) is 4.68 Å². The van der Waals surface area contributed by atoms with Crippen LogP contribution in [-0.4, -0.2) is 24.0 Å². The van der Waals surface area contributed by atoms with E-state index < -0.39 is 10.0 Å². The van der Waals surface area contributed by atoms with Gasteiger partial charge >= 0.3 is 0 Å². The summed E-state index contributed by atoms with van der Waals surface area (Å²) in [6, 6.07) is 13.1. The van der Waals surface area contributed by atoms with E-state index in [1.54, 1.807) is 24.5 Å². The van der Waals surface area contributed by atoms with Crippen LogP contribution >= 0.6 is 11.3 Å². The zero-order valence-electron chi connectivity index (χ0n) is 10.7. The van der Waals surface area contributed by atoms with Crippen molar-refractivity contribution in [3.05, 3.63) is 59.7 Å². The van der Waals surface area contributed by atoms with Gasteiger partial charge in [-0.3, -0.25) is 0 Å². The highest BCUT2D eigenvalue weighted by Gasteiger charge is 2.33. The van der Waals surface area contributed by atoms with Crippen molar-refractivity contribution < 1.29 is 8.42 Å². The lowest BCUT2D eigenvalue weighted by Gasteiger charge is -1.99. The van der Waals surface area contributed by atoms with Crippen LogP contribution in [0.3, 0.4) is 0 Å². The van der Waals surface area contributed by atoms with Gasteiger partial charge in [-0.1, -0.05) is 30.3 Å². The van der Waals surface area contributed by atoms with E-state index in [9.17, 15) is 8.42 Å². The zero-order chi connectivity index (χ0) is 14.4. The van der Waals surface area contributed by atoms with E-state index in [0.717, 1.165) is 10.4 Å². The molecule has 0 atom stereocenters. The molecule has 4 rings (SSSR count). The van der Waals surface area contributed by atoms with Crippen LogP contribution in [0.4, 0.5) is 0 Å². The minimum Gasteiger partial charge on any atom is -0.220 e. The molecule has 21 heavy (non-hydrogen) atoms. The SMILES string of the molecule is O=S1(=O)N=C(n2cccn2)c2sc(-c3ccccc3)cc21. The van der Waals surface area contributed by atoms with Gasteiger partial charge in [0, 0.05) is 17.3 Å². The Morgan fingerprint density at radius 1 is 1.10 bits per heavy atom. The Morgan fingerprint density at radius 2 is 1.90 bits per heavy atom. The summed E-state index contributed by atoms with van der Waals surface area (Å²) in [4.78, 5) is 1.80. The number of thiophene rings is 1. The Labute approximate surface area is 125 Å². The molecule has 0 saturated carbocycles. The number of rotatable bonds is 1. The molecule has 2 aromatic heterocycles. The third kappa shape index (κ3) is 1.93. The minimum absolute atomic E-state index is 0.261. The first-order valence-electron chi connectivity index (χ1n) is 6.20. The number of nitrogens with zero attached hydrogens (tertiary/aromatic N) is 3. The smallest absolute Gasteiger partial charge is 0.220 e. The van der Waals surface area contributed by atoms with E-state index in [1.807, 2.05) is 30.3 Å². The lowest BCUT2D eigenvalue weighted by atomic mass is 10.2. The minimum atomic E-state index is -3.63. The summed E-state index contributed by atoms with van der Waals surface area (Å²) in [5.41, 5.74) is 0.993. The van der Waals surface area contributed by atoms with E-state index in [2.05, 4.69) is 9.50 Å². The normalized spacial score (nSPS) is 15.7. The van der Waals surface area contributed by atoms with Gasteiger partial charge in [0.2, 0.25) is 0 Å². The van der Waals surface area contributed by atoms with Crippen LogP contribution in [0.25, 0.3) is 10.4 Å². The van der Waals surface area contributed by atoms with Crippen LogP contribution in [0.5, 0.6) is 0 Å². The number of hydrogen-bond acceptors (Lipinski definition) is 4. The first-order chi connectivity index (χ1) is 10.1. The van der Waals surface area contributed by atoms with E-state index >= 15 is 0 Å². The molecule has 0 spiro atoms. The van der Waals surface area contributed by atoms with Crippen LogP contribution in [0, 0.1) is 0 Å². The summed E-state index contributed by atoms with van der Waals surface area (Å²) < 4.78 is 29.7. The molecule has 0 radical (unpaired) electrons. The predicted octanol–water partition coefficient (Wildman–Crippen LogP) is 2.61. The number of hydrogen-bond donors (Lipinski definition) is 0.